The summed E-state index contributed by atoms with van der Waals surface area (Å²) in [7, 11) is 1.49. The highest BCUT2D eigenvalue weighted by Gasteiger charge is 2.33. The molecule has 0 saturated heterocycles. The van der Waals surface area contributed by atoms with Crippen molar-refractivity contribution in [2.75, 3.05) is 13.7 Å². The van der Waals surface area contributed by atoms with Crippen molar-refractivity contribution < 1.29 is 33.8 Å². The first-order chi connectivity index (χ1) is 17.7. The lowest BCUT2D eigenvalue weighted by Gasteiger charge is -2.14. The van der Waals surface area contributed by atoms with Gasteiger partial charge in [0.05, 0.1) is 27.1 Å². The molecule has 0 radical (unpaired) electrons. The largest absolute Gasteiger partial charge is 0.506 e. The third kappa shape index (κ3) is 6.89. The fraction of sp³-hybridized carbons (Fsp3) is 0.240. The summed E-state index contributed by atoms with van der Waals surface area (Å²) in [5.41, 5.74) is 1.23. The Balaban J connectivity index is 1.90. The number of nitro groups is 1. The van der Waals surface area contributed by atoms with Crippen LogP contribution in [0.3, 0.4) is 0 Å². The fourth-order valence-corrected chi connectivity index (χ4v) is 4.98. The van der Waals surface area contributed by atoms with Crippen LogP contribution in [0.2, 0.25) is 0 Å². The molecule has 194 valence electrons. The van der Waals surface area contributed by atoms with Crippen molar-refractivity contribution in [3.63, 3.8) is 0 Å². The molecule has 0 bridgehead atoms. The maximum atomic E-state index is 12.4. The molecule has 0 aromatic heterocycles. The molecule has 0 aliphatic carbocycles. The van der Waals surface area contributed by atoms with Crippen molar-refractivity contribution in [1.29, 1.82) is 0 Å². The molecule has 1 N–H and O–H groups in total. The number of amides is 1. The molecule has 1 aliphatic heterocycles. The number of methoxy groups -OCH3 is 1. The second-order valence-electron chi connectivity index (χ2n) is 7.47. The Morgan fingerprint density at radius 1 is 1.22 bits per heavy atom. The van der Waals surface area contributed by atoms with Gasteiger partial charge in [0.1, 0.15) is 23.0 Å². The number of nitro benzene ring substituents is 1. The Bertz CT molecular complexity index is 1320. The van der Waals surface area contributed by atoms with E-state index in [1.807, 2.05) is 0 Å². The van der Waals surface area contributed by atoms with Crippen molar-refractivity contribution in [2.45, 2.75) is 26.9 Å². The molecule has 10 nitrogen and oxygen atoms in total. The number of aliphatic hydroxyl groups excluding tert-OH is 1. The number of non-ortho nitro benzene ring substituents is 1. The van der Waals surface area contributed by atoms with E-state index in [0.717, 1.165) is 17.3 Å². The Morgan fingerprint density at radius 2 is 1.92 bits per heavy atom. The summed E-state index contributed by atoms with van der Waals surface area (Å²) in [4.78, 5) is 39.0. The zero-order valence-electron chi connectivity index (χ0n) is 20.1. The van der Waals surface area contributed by atoms with Gasteiger partial charge in [-0.15, -0.1) is 0 Å². The molecule has 0 saturated carbocycles. The summed E-state index contributed by atoms with van der Waals surface area (Å²) >= 11 is 3.08. The van der Waals surface area contributed by atoms with Crippen molar-refractivity contribution in [2.24, 2.45) is 4.99 Å². The first-order valence-electron chi connectivity index (χ1n) is 11.0. The Hall–Kier alpha value is -3.39. The normalized spacial score (nSPS) is 15.2. The summed E-state index contributed by atoms with van der Waals surface area (Å²) in [6.45, 7) is 3.56. The average molecular weight is 638 g/mol. The van der Waals surface area contributed by atoms with Gasteiger partial charge in [0, 0.05) is 18.6 Å². The molecule has 2 aromatic carbocycles. The van der Waals surface area contributed by atoms with Crippen LogP contribution in [0.15, 0.2) is 57.6 Å². The number of aliphatic hydroxyl groups is 1. The van der Waals surface area contributed by atoms with Crippen LogP contribution in [-0.2, 0) is 20.9 Å². The van der Waals surface area contributed by atoms with Crippen LogP contribution in [0.5, 0.6) is 11.5 Å². The van der Waals surface area contributed by atoms with Gasteiger partial charge >= 0.3 is 5.97 Å². The van der Waals surface area contributed by atoms with Gasteiger partial charge < -0.3 is 19.3 Å². The molecular formula is C25H23IN2O8S. The van der Waals surface area contributed by atoms with Gasteiger partial charge in [-0.1, -0.05) is 18.7 Å². The molecule has 0 atom stereocenters. The minimum Gasteiger partial charge on any atom is -0.506 e. The van der Waals surface area contributed by atoms with E-state index in [-0.39, 0.29) is 41.7 Å². The van der Waals surface area contributed by atoms with E-state index in [9.17, 15) is 24.8 Å². The molecule has 0 spiro atoms. The van der Waals surface area contributed by atoms with E-state index in [2.05, 4.69) is 27.6 Å². The van der Waals surface area contributed by atoms with E-state index >= 15 is 0 Å². The monoisotopic (exact) mass is 638 g/mol. The minimum absolute atomic E-state index is 0.00578. The molecule has 3 rings (SSSR count). The predicted molar refractivity (Wildman–Crippen MR) is 148 cm³/mol. The van der Waals surface area contributed by atoms with Gasteiger partial charge in [0.2, 0.25) is 5.91 Å². The van der Waals surface area contributed by atoms with Crippen molar-refractivity contribution in [3.8, 4) is 11.5 Å². The molecule has 37 heavy (non-hydrogen) atoms. The first kappa shape index (κ1) is 28.2. The lowest BCUT2D eigenvalue weighted by molar-refractivity contribution is -0.384. The van der Waals surface area contributed by atoms with Crippen LogP contribution in [0.25, 0.3) is 6.08 Å². The number of benzene rings is 2. The summed E-state index contributed by atoms with van der Waals surface area (Å²) < 4.78 is 17.2. The summed E-state index contributed by atoms with van der Waals surface area (Å²) in [5, 5.41) is 21.7. The summed E-state index contributed by atoms with van der Waals surface area (Å²) in [5.74, 6) is -0.610. The number of nitrogens with zero attached hydrogens (tertiary/aromatic N) is 2. The first-order valence-corrected chi connectivity index (χ1v) is 12.9. The second-order valence-corrected chi connectivity index (χ2v) is 9.66. The van der Waals surface area contributed by atoms with Gasteiger partial charge in [-0.25, -0.2) is 9.79 Å². The van der Waals surface area contributed by atoms with Crippen LogP contribution in [0.1, 0.15) is 31.4 Å². The lowest BCUT2D eigenvalue weighted by atomic mass is 10.1. The van der Waals surface area contributed by atoms with Crippen LogP contribution < -0.4 is 9.47 Å². The number of carbonyl (C=O) groups excluding carboxylic acids is 2. The van der Waals surface area contributed by atoms with E-state index in [1.54, 1.807) is 44.2 Å². The quantitative estimate of drug-likeness (QED) is 0.161. The predicted octanol–water partition coefficient (Wildman–Crippen LogP) is 5.59. The van der Waals surface area contributed by atoms with Crippen LogP contribution in [-0.4, -0.2) is 40.7 Å². The zero-order chi connectivity index (χ0) is 27.1. The molecule has 2 aromatic rings. The van der Waals surface area contributed by atoms with Gasteiger partial charge in [0.15, 0.2) is 11.5 Å². The number of hydrogen-bond acceptors (Lipinski definition) is 9. The number of hydrogen-bond donors (Lipinski definition) is 1. The summed E-state index contributed by atoms with van der Waals surface area (Å²) in [6, 6.07) is 9.55. The van der Waals surface area contributed by atoms with Gasteiger partial charge in [0.25, 0.3) is 5.69 Å². The number of aliphatic imine (C=N–C) groups is 1. The van der Waals surface area contributed by atoms with Gasteiger partial charge in [-0.05, 0) is 71.0 Å². The molecule has 12 heteroatoms. The van der Waals surface area contributed by atoms with E-state index in [4.69, 9.17) is 14.2 Å². The maximum absolute atomic E-state index is 12.4. The van der Waals surface area contributed by atoms with Crippen molar-refractivity contribution in [1.82, 2.24) is 0 Å². The van der Waals surface area contributed by atoms with E-state index in [0.29, 0.717) is 25.5 Å². The van der Waals surface area contributed by atoms with Crippen molar-refractivity contribution in [3.05, 3.63) is 77.4 Å². The third-order valence-electron chi connectivity index (χ3n) is 4.98. The highest BCUT2D eigenvalue weighted by molar-refractivity contribution is 14.1. The number of rotatable bonds is 9. The smallest absolute Gasteiger partial charge is 0.344 e. The van der Waals surface area contributed by atoms with E-state index in [1.165, 1.54) is 19.2 Å². The second kappa shape index (κ2) is 12.7. The van der Waals surface area contributed by atoms with E-state index < -0.39 is 16.8 Å². The number of thioether (sulfide) groups is 1. The average Bonchev–Trinajstić information content (AvgIpc) is 3.17. The number of esters is 1. The maximum Gasteiger partial charge on any atom is 0.344 e. The molecule has 0 fully saturated rings. The van der Waals surface area contributed by atoms with Crippen molar-refractivity contribution >= 4 is 63.0 Å². The van der Waals surface area contributed by atoms with Crippen LogP contribution in [0, 0.1) is 13.7 Å². The van der Waals surface area contributed by atoms with Crippen LogP contribution in [0.4, 0.5) is 5.69 Å². The molecule has 0 unspecified atom stereocenters. The standard InChI is InChI=1S/C25H23IN2O8S/c1-4-20(29)27-24-21(25(31)35-5-2)22(30)19(37-24)12-15-10-17(26)23(18(11-15)34-3)36-13-14-6-8-16(9-7-14)28(32)33/h6-12,30H,4-5,13H2,1-3H3/b19-12-,27-24?. The zero-order valence-corrected chi connectivity index (χ0v) is 23.1. The highest BCUT2D eigenvalue weighted by Crippen LogP contribution is 2.41. The lowest BCUT2D eigenvalue weighted by Crippen LogP contribution is -2.14. The number of ether oxygens (including phenoxy) is 3. The minimum atomic E-state index is -0.763. The Kier molecular flexibility index (Phi) is 9.69. The van der Waals surface area contributed by atoms with Gasteiger partial charge in [-0.3, -0.25) is 14.9 Å². The molecular weight excluding hydrogens is 615 g/mol. The molecule has 1 amide bonds. The SMILES string of the molecule is CCOC(=O)C1=C(O)/C(=C/c2cc(I)c(OCc3ccc([N+](=O)[O-])cc3)c(OC)c2)SC1=NC(=O)CC. The molecule has 1 aliphatic rings. The van der Waals surface area contributed by atoms with Crippen LogP contribution >= 0.6 is 34.4 Å². The Morgan fingerprint density at radius 3 is 2.51 bits per heavy atom. The Labute approximate surface area is 230 Å². The fourth-order valence-electron chi connectivity index (χ4n) is 3.17. The highest BCUT2D eigenvalue weighted by atomic mass is 127. The molecule has 1 heterocycles. The van der Waals surface area contributed by atoms with Gasteiger partial charge in [-0.2, -0.15) is 0 Å². The third-order valence-corrected chi connectivity index (χ3v) is 6.80. The number of carbonyl (C=O) groups is 2. The number of halogens is 1. The summed E-state index contributed by atoms with van der Waals surface area (Å²) in [6.07, 6.45) is 1.79. The topological polar surface area (TPSA) is 138 Å².